The standard InChI is InChI=1S/C15H15N2.C6H7N2.C3H6.C2H6.K/c1-3-7-12(4-2)10-13-11-16-14-8-5-6-9-15(14)17-13;1-5-3-4-7-6(2)8-5;1-3-2;1-2;/h3-9H,10H2,1-2H3;3H,1-2H3;3H,1H2,2H3;1-2H3;/q2*-1;;;+1/b7-3-,12-4+;;;;. The summed E-state index contributed by atoms with van der Waals surface area (Å²) in [5, 5.41) is 0. The molecule has 0 fully saturated rings. The Balaban J connectivity index is 0. The summed E-state index contributed by atoms with van der Waals surface area (Å²) in [4.78, 5) is 16.7. The van der Waals surface area contributed by atoms with Gasteiger partial charge in [-0.05, 0) is 38.5 Å². The number of hydrogen-bond acceptors (Lipinski definition) is 4. The first kappa shape index (κ1) is 31.7. The first-order chi connectivity index (χ1) is 14.5. The van der Waals surface area contributed by atoms with Gasteiger partial charge in [0.25, 0.3) is 0 Å². The number of allylic oxidation sites excluding steroid dienone is 5. The second-order valence-corrected chi connectivity index (χ2v) is 5.91. The van der Waals surface area contributed by atoms with Crippen LogP contribution in [0.25, 0.3) is 11.0 Å². The van der Waals surface area contributed by atoms with Gasteiger partial charge in [0.05, 0.1) is 0 Å². The summed E-state index contributed by atoms with van der Waals surface area (Å²) in [5.74, 6) is 0.782. The van der Waals surface area contributed by atoms with Gasteiger partial charge in [-0.2, -0.15) is 0 Å². The van der Waals surface area contributed by atoms with Crippen LogP contribution in [-0.4, -0.2) is 19.9 Å². The average Bonchev–Trinajstić information content (AvgIpc) is 2.75. The molecule has 3 aromatic rings. The molecular weight excluding hydrogens is 407 g/mol. The molecule has 0 radical (unpaired) electrons. The molecule has 0 amide bonds. The number of benzene rings is 1. The topological polar surface area (TPSA) is 51.6 Å². The molecule has 0 atom stereocenters. The fraction of sp³-hybridized carbons (Fsp3) is 0.308. The molecule has 0 unspecified atom stereocenters. The van der Waals surface area contributed by atoms with Crippen LogP contribution in [0.5, 0.6) is 0 Å². The van der Waals surface area contributed by atoms with Gasteiger partial charge in [-0.1, -0.05) is 87.6 Å². The fourth-order valence-corrected chi connectivity index (χ4v) is 2.22. The van der Waals surface area contributed by atoms with Crippen LogP contribution in [0.3, 0.4) is 0 Å². The molecule has 4 nitrogen and oxygen atoms in total. The summed E-state index contributed by atoms with van der Waals surface area (Å²) in [6.07, 6.45) is 14.4. The smallest absolute Gasteiger partial charge is 0.448 e. The van der Waals surface area contributed by atoms with E-state index in [4.69, 9.17) is 0 Å². The zero-order chi connectivity index (χ0) is 22.8. The van der Waals surface area contributed by atoms with Crippen molar-refractivity contribution in [1.82, 2.24) is 19.9 Å². The monoisotopic (exact) mass is 441 g/mol. The molecule has 0 spiro atoms. The molecule has 1 aromatic carbocycles. The van der Waals surface area contributed by atoms with Crippen LogP contribution < -0.4 is 51.4 Å². The summed E-state index contributed by atoms with van der Waals surface area (Å²) in [6.45, 7) is 17.1. The van der Waals surface area contributed by atoms with Crippen molar-refractivity contribution in [2.45, 2.75) is 54.9 Å². The summed E-state index contributed by atoms with van der Waals surface area (Å²) in [7, 11) is 0. The van der Waals surface area contributed by atoms with Gasteiger partial charge in [0, 0.05) is 11.3 Å². The second-order valence-electron chi connectivity index (χ2n) is 5.91. The molecule has 2 heterocycles. The van der Waals surface area contributed by atoms with E-state index in [-0.39, 0.29) is 51.4 Å². The predicted octanol–water partition coefficient (Wildman–Crippen LogP) is 3.61. The van der Waals surface area contributed by atoms with E-state index in [0.29, 0.717) is 0 Å². The third kappa shape index (κ3) is 14.2. The van der Waals surface area contributed by atoms with Crippen molar-refractivity contribution in [2.24, 2.45) is 0 Å². The normalized spacial score (nSPS) is 9.84. The Hall–Kier alpha value is -1.50. The summed E-state index contributed by atoms with van der Waals surface area (Å²) < 4.78 is 0. The minimum Gasteiger partial charge on any atom is -0.448 e. The van der Waals surface area contributed by atoms with Gasteiger partial charge in [-0.25, -0.2) is 0 Å². The van der Waals surface area contributed by atoms with Crippen molar-refractivity contribution in [1.29, 1.82) is 0 Å². The van der Waals surface area contributed by atoms with Gasteiger partial charge in [-0.3, -0.25) is 4.98 Å². The molecule has 0 aliphatic heterocycles. The average molecular weight is 442 g/mol. The maximum Gasteiger partial charge on any atom is 1.00 e. The van der Waals surface area contributed by atoms with Gasteiger partial charge >= 0.3 is 51.4 Å². The molecule has 31 heavy (non-hydrogen) atoms. The van der Waals surface area contributed by atoms with E-state index >= 15 is 0 Å². The zero-order valence-electron chi connectivity index (χ0n) is 20.4. The molecule has 3 rings (SSSR count). The number of rotatable bonds is 3. The molecule has 0 saturated heterocycles. The van der Waals surface area contributed by atoms with Crippen molar-refractivity contribution in [2.75, 3.05) is 0 Å². The van der Waals surface area contributed by atoms with Crippen LogP contribution in [0, 0.1) is 26.2 Å². The molecular formula is C26H34KN4-. The quantitative estimate of drug-likeness (QED) is 0.270. The third-order valence-corrected chi connectivity index (χ3v) is 3.40. The van der Waals surface area contributed by atoms with Crippen molar-refractivity contribution < 1.29 is 51.4 Å². The molecule has 2 aromatic heterocycles. The van der Waals surface area contributed by atoms with Gasteiger partial charge in [0.15, 0.2) is 0 Å². The molecule has 0 aliphatic carbocycles. The predicted molar refractivity (Wildman–Crippen MR) is 128 cm³/mol. The van der Waals surface area contributed by atoms with Crippen LogP contribution in [0.15, 0.2) is 66.8 Å². The van der Waals surface area contributed by atoms with Crippen LogP contribution >= 0.6 is 0 Å². The summed E-state index contributed by atoms with van der Waals surface area (Å²) in [6, 6.07) is 9.62. The number of hydrogen-bond donors (Lipinski definition) is 0. The molecule has 160 valence electrons. The van der Waals surface area contributed by atoms with Crippen molar-refractivity contribution >= 4 is 11.0 Å². The number of aromatic nitrogens is 4. The van der Waals surface area contributed by atoms with Crippen molar-refractivity contribution in [3.05, 3.63) is 96.4 Å². The van der Waals surface area contributed by atoms with E-state index in [9.17, 15) is 0 Å². The number of fused-ring (bicyclic) bond motifs is 1. The Morgan fingerprint density at radius 2 is 1.61 bits per heavy atom. The molecule has 0 N–H and O–H groups in total. The van der Waals surface area contributed by atoms with Gasteiger partial charge in [-0.15, -0.1) is 24.9 Å². The molecule has 0 aliphatic rings. The maximum absolute atomic E-state index is 4.55. The van der Waals surface area contributed by atoms with Crippen molar-refractivity contribution in [3.8, 4) is 0 Å². The summed E-state index contributed by atoms with van der Waals surface area (Å²) in [5.41, 5.74) is 4.90. The second kappa shape index (κ2) is 20.4. The Morgan fingerprint density at radius 3 is 2.10 bits per heavy atom. The first-order valence-corrected chi connectivity index (χ1v) is 10.2. The van der Waals surface area contributed by atoms with E-state index in [1.54, 1.807) is 12.1 Å². The minimum atomic E-state index is 0. The SMILES string of the molecule is C/C=C\C(=C/C)Cc1[c-]nc2ccccc2n1.C=CC.CC.Cc1c[c-]nc(C)n1.[K+]. The zero-order valence-corrected chi connectivity index (χ0v) is 23.5. The Labute approximate surface area is 231 Å². The van der Waals surface area contributed by atoms with Gasteiger partial charge < -0.3 is 15.0 Å². The van der Waals surface area contributed by atoms with E-state index < -0.39 is 0 Å². The van der Waals surface area contributed by atoms with Crippen LogP contribution in [0.4, 0.5) is 0 Å². The first-order valence-electron chi connectivity index (χ1n) is 10.2. The Morgan fingerprint density at radius 1 is 1.00 bits per heavy atom. The van der Waals surface area contributed by atoms with Crippen LogP contribution in [-0.2, 0) is 6.42 Å². The number of para-hydroxylation sites is 2. The maximum atomic E-state index is 4.55. The van der Waals surface area contributed by atoms with E-state index in [1.165, 1.54) is 5.57 Å². The number of aryl methyl sites for hydroxylation is 2. The van der Waals surface area contributed by atoms with Crippen LogP contribution in [0.2, 0.25) is 0 Å². The van der Waals surface area contributed by atoms with E-state index in [2.05, 4.69) is 51.1 Å². The Bertz CT molecular complexity index is 916. The minimum absolute atomic E-state index is 0. The van der Waals surface area contributed by atoms with Gasteiger partial charge in [0.1, 0.15) is 0 Å². The number of nitrogens with zero attached hydrogens (tertiary/aromatic N) is 4. The Kier molecular flexibility index (Phi) is 20.8. The third-order valence-electron chi connectivity index (χ3n) is 3.40. The van der Waals surface area contributed by atoms with Crippen molar-refractivity contribution in [3.63, 3.8) is 0 Å². The van der Waals surface area contributed by atoms with E-state index in [0.717, 1.165) is 34.7 Å². The molecule has 0 bridgehead atoms. The van der Waals surface area contributed by atoms with Gasteiger partial charge in [0.2, 0.25) is 0 Å². The van der Waals surface area contributed by atoms with E-state index in [1.807, 2.05) is 78.8 Å². The molecule has 5 heteroatoms. The fourth-order valence-electron chi connectivity index (χ4n) is 2.22. The van der Waals surface area contributed by atoms with Crippen LogP contribution in [0.1, 0.15) is 51.8 Å². The largest absolute Gasteiger partial charge is 1.00 e. The molecule has 0 saturated carbocycles. The summed E-state index contributed by atoms with van der Waals surface area (Å²) >= 11 is 0.